The molecule has 1 aliphatic rings. The number of rotatable bonds is 4. The molecule has 1 N–H and O–H groups in total. The second-order valence-corrected chi connectivity index (χ2v) is 4.32. The van der Waals surface area contributed by atoms with Crippen LogP contribution in [0.5, 0.6) is 5.75 Å². The van der Waals surface area contributed by atoms with E-state index in [2.05, 4.69) is 0 Å². The van der Waals surface area contributed by atoms with Crippen LogP contribution in [0.25, 0.3) is 0 Å². The van der Waals surface area contributed by atoms with Gasteiger partial charge in [-0.1, -0.05) is 6.07 Å². The topological polar surface area (TPSA) is 81.8 Å². The van der Waals surface area contributed by atoms with Crippen LogP contribution in [0.1, 0.15) is 12.0 Å². The van der Waals surface area contributed by atoms with Gasteiger partial charge in [0.25, 0.3) is 5.69 Å². The predicted octanol–water partition coefficient (Wildman–Crippen LogP) is 1.43. The number of aliphatic hydroxyl groups is 1. The molecule has 1 fully saturated rings. The van der Waals surface area contributed by atoms with E-state index in [-0.39, 0.29) is 17.9 Å². The summed E-state index contributed by atoms with van der Waals surface area (Å²) in [6.07, 6.45) is -0.686. The highest BCUT2D eigenvalue weighted by atomic mass is 16.6. The van der Waals surface area contributed by atoms with Crippen LogP contribution in [0.2, 0.25) is 0 Å². The van der Waals surface area contributed by atoms with E-state index in [1.807, 2.05) is 0 Å². The molecule has 1 aromatic rings. The molecule has 6 nitrogen and oxygen atoms in total. The summed E-state index contributed by atoms with van der Waals surface area (Å²) in [5.74, 6) is 0.461. The van der Waals surface area contributed by atoms with Gasteiger partial charge in [-0.15, -0.1) is 0 Å². The van der Waals surface area contributed by atoms with Crippen molar-refractivity contribution in [2.75, 3.05) is 7.11 Å². The minimum absolute atomic E-state index is 0.0290. The van der Waals surface area contributed by atoms with E-state index in [1.165, 1.54) is 13.2 Å². The van der Waals surface area contributed by atoms with Crippen molar-refractivity contribution in [3.63, 3.8) is 0 Å². The van der Waals surface area contributed by atoms with Gasteiger partial charge in [0.05, 0.1) is 16.6 Å². The second kappa shape index (κ2) is 4.91. The number of hydrogen-bond acceptors (Lipinski definition) is 5. The SMILES string of the molecule is COC1C(O)CC1Oc1cccc([N+](=O)[O-])c1C. The van der Waals surface area contributed by atoms with Crippen LogP contribution in [-0.4, -0.2) is 35.5 Å². The van der Waals surface area contributed by atoms with E-state index in [0.29, 0.717) is 17.7 Å². The van der Waals surface area contributed by atoms with Gasteiger partial charge in [0, 0.05) is 19.6 Å². The molecule has 0 aliphatic heterocycles. The van der Waals surface area contributed by atoms with Crippen molar-refractivity contribution >= 4 is 5.69 Å². The van der Waals surface area contributed by atoms with E-state index in [1.54, 1.807) is 19.1 Å². The largest absolute Gasteiger partial charge is 0.487 e. The number of aliphatic hydroxyl groups excluding tert-OH is 1. The van der Waals surface area contributed by atoms with Gasteiger partial charge in [-0.05, 0) is 13.0 Å². The lowest BCUT2D eigenvalue weighted by Crippen LogP contribution is -2.54. The van der Waals surface area contributed by atoms with Gasteiger partial charge in [-0.25, -0.2) is 0 Å². The fraction of sp³-hybridized carbons (Fsp3) is 0.500. The molecule has 1 saturated carbocycles. The maximum atomic E-state index is 10.8. The summed E-state index contributed by atoms with van der Waals surface area (Å²) in [4.78, 5) is 10.4. The van der Waals surface area contributed by atoms with Crippen molar-refractivity contribution in [1.82, 2.24) is 0 Å². The molecule has 0 bridgehead atoms. The molecule has 1 aromatic carbocycles. The van der Waals surface area contributed by atoms with Crippen LogP contribution in [0.3, 0.4) is 0 Å². The average molecular weight is 253 g/mol. The Labute approximate surface area is 104 Å². The van der Waals surface area contributed by atoms with Crippen LogP contribution < -0.4 is 4.74 Å². The summed E-state index contributed by atoms with van der Waals surface area (Å²) in [6, 6.07) is 4.70. The number of nitro benzene ring substituents is 1. The van der Waals surface area contributed by atoms with Gasteiger partial charge in [0.1, 0.15) is 18.0 Å². The van der Waals surface area contributed by atoms with Crippen LogP contribution in [-0.2, 0) is 4.74 Å². The Morgan fingerprint density at radius 2 is 2.22 bits per heavy atom. The Hall–Kier alpha value is -1.66. The number of nitrogens with zero attached hydrogens (tertiary/aromatic N) is 1. The zero-order chi connectivity index (χ0) is 13.3. The van der Waals surface area contributed by atoms with E-state index >= 15 is 0 Å². The molecule has 0 amide bonds. The summed E-state index contributed by atoms with van der Waals surface area (Å²) in [5, 5.41) is 20.3. The third-order valence-electron chi connectivity index (χ3n) is 3.22. The predicted molar refractivity (Wildman–Crippen MR) is 63.7 cm³/mol. The number of nitro groups is 1. The molecule has 6 heteroatoms. The monoisotopic (exact) mass is 253 g/mol. The Morgan fingerprint density at radius 3 is 2.78 bits per heavy atom. The van der Waals surface area contributed by atoms with Gasteiger partial charge in [0.15, 0.2) is 0 Å². The summed E-state index contributed by atoms with van der Waals surface area (Å²) >= 11 is 0. The summed E-state index contributed by atoms with van der Waals surface area (Å²) in [7, 11) is 1.50. The minimum Gasteiger partial charge on any atom is -0.487 e. The fourth-order valence-electron chi connectivity index (χ4n) is 2.07. The van der Waals surface area contributed by atoms with Gasteiger partial charge >= 0.3 is 0 Å². The molecule has 98 valence electrons. The Balaban J connectivity index is 2.15. The molecule has 0 spiro atoms. The van der Waals surface area contributed by atoms with Crippen molar-refractivity contribution in [1.29, 1.82) is 0 Å². The maximum Gasteiger partial charge on any atom is 0.276 e. The number of benzene rings is 1. The molecule has 3 unspecified atom stereocenters. The molecule has 0 heterocycles. The molecule has 18 heavy (non-hydrogen) atoms. The first kappa shape index (κ1) is 12.8. The third-order valence-corrected chi connectivity index (χ3v) is 3.22. The lowest BCUT2D eigenvalue weighted by atomic mass is 9.88. The van der Waals surface area contributed by atoms with Crippen LogP contribution in [0.4, 0.5) is 5.69 Å². The maximum absolute atomic E-state index is 10.8. The average Bonchev–Trinajstić information content (AvgIpc) is 2.30. The van der Waals surface area contributed by atoms with Crippen LogP contribution in [0, 0.1) is 17.0 Å². The molecular formula is C12H15NO5. The summed E-state index contributed by atoms with van der Waals surface area (Å²) < 4.78 is 10.7. The molecule has 0 saturated heterocycles. The first-order chi connectivity index (χ1) is 8.54. The van der Waals surface area contributed by atoms with Crippen molar-refractivity contribution < 1.29 is 19.5 Å². The van der Waals surface area contributed by atoms with Gasteiger partial charge in [-0.3, -0.25) is 10.1 Å². The van der Waals surface area contributed by atoms with Gasteiger partial charge in [-0.2, -0.15) is 0 Å². The minimum atomic E-state index is -0.529. The number of hydrogen-bond donors (Lipinski definition) is 1. The smallest absolute Gasteiger partial charge is 0.276 e. The molecule has 0 radical (unpaired) electrons. The van der Waals surface area contributed by atoms with Crippen molar-refractivity contribution in [2.45, 2.75) is 31.7 Å². The first-order valence-electron chi connectivity index (χ1n) is 5.66. The summed E-state index contributed by atoms with van der Waals surface area (Å²) in [5.41, 5.74) is 0.514. The zero-order valence-electron chi connectivity index (χ0n) is 10.2. The van der Waals surface area contributed by atoms with Crippen LogP contribution >= 0.6 is 0 Å². The molecule has 0 aromatic heterocycles. The first-order valence-corrected chi connectivity index (χ1v) is 5.66. The lowest BCUT2D eigenvalue weighted by Gasteiger charge is -2.40. The Kier molecular flexibility index (Phi) is 3.49. The Bertz CT molecular complexity index is 462. The highest BCUT2D eigenvalue weighted by Crippen LogP contribution is 2.33. The molecular weight excluding hydrogens is 238 g/mol. The van der Waals surface area contributed by atoms with E-state index in [4.69, 9.17) is 9.47 Å². The summed E-state index contributed by atoms with van der Waals surface area (Å²) in [6.45, 7) is 1.64. The normalized spacial score (nSPS) is 26.5. The highest BCUT2D eigenvalue weighted by molar-refractivity contribution is 5.48. The van der Waals surface area contributed by atoms with Gasteiger partial charge in [0.2, 0.25) is 0 Å². The van der Waals surface area contributed by atoms with Crippen molar-refractivity contribution in [2.24, 2.45) is 0 Å². The molecule has 3 atom stereocenters. The van der Waals surface area contributed by atoms with Crippen molar-refractivity contribution in [3.05, 3.63) is 33.9 Å². The number of methoxy groups -OCH3 is 1. The van der Waals surface area contributed by atoms with Crippen molar-refractivity contribution in [3.8, 4) is 5.75 Å². The molecule has 2 rings (SSSR count). The van der Waals surface area contributed by atoms with Crippen LogP contribution in [0.15, 0.2) is 18.2 Å². The fourth-order valence-corrected chi connectivity index (χ4v) is 2.07. The quantitative estimate of drug-likeness (QED) is 0.648. The second-order valence-electron chi connectivity index (χ2n) is 4.32. The van der Waals surface area contributed by atoms with E-state index < -0.39 is 11.0 Å². The standard InChI is InChI=1S/C12H15NO5/c1-7-8(13(15)16)4-3-5-10(7)18-11-6-9(14)12(11)17-2/h3-5,9,11-12,14H,6H2,1-2H3. The zero-order valence-corrected chi connectivity index (χ0v) is 10.2. The number of ether oxygens (including phenoxy) is 2. The molecule has 1 aliphatic carbocycles. The van der Waals surface area contributed by atoms with E-state index in [9.17, 15) is 15.2 Å². The lowest BCUT2D eigenvalue weighted by molar-refractivity contribution is -0.385. The highest BCUT2D eigenvalue weighted by Gasteiger charge is 2.42. The third kappa shape index (κ3) is 2.16. The van der Waals surface area contributed by atoms with E-state index in [0.717, 1.165) is 0 Å². The van der Waals surface area contributed by atoms with Gasteiger partial charge < -0.3 is 14.6 Å². The Morgan fingerprint density at radius 1 is 1.50 bits per heavy atom.